The van der Waals surface area contributed by atoms with Crippen molar-refractivity contribution in [2.45, 2.75) is 11.7 Å². The molecule has 0 N–H and O–H groups in total. The predicted octanol–water partition coefficient (Wildman–Crippen LogP) is -0.567. The van der Waals surface area contributed by atoms with Gasteiger partial charge in [0, 0.05) is 27.2 Å². The van der Waals surface area contributed by atoms with Gasteiger partial charge >= 0.3 is 0 Å². The molecule has 1 aliphatic rings. The molecule has 1 fully saturated rings. The van der Waals surface area contributed by atoms with Gasteiger partial charge < -0.3 is 4.90 Å². The van der Waals surface area contributed by atoms with Crippen LogP contribution in [0.15, 0.2) is 0 Å². The second kappa shape index (κ2) is 3.52. The first-order valence-electron chi connectivity index (χ1n) is 4.04. The number of likely N-dealkylation sites (tertiary alicyclic amines) is 1. The molecule has 0 aromatic heterocycles. The Balaban J connectivity index is 2.73. The summed E-state index contributed by atoms with van der Waals surface area (Å²) >= 11 is 0. The lowest BCUT2D eigenvalue weighted by atomic mass is 10.4. The van der Waals surface area contributed by atoms with Crippen LogP contribution in [0.5, 0.6) is 0 Å². The Morgan fingerprint density at radius 2 is 2.15 bits per heavy atom. The van der Waals surface area contributed by atoms with Gasteiger partial charge in [-0.15, -0.1) is 0 Å². The molecule has 13 heavy (non-hydrogen) atoms. The van der Waals surface area contributed by atoms with E-state index in [-0.39, 0.29) is 0 Å². The van der Waals surface area contributed by atoms with Gasteiger partial charge in [-0.3, -0.25) is 0 Å². The van der Waals surface area contributed by atoms with E-state index in [4.69, 9.17) is 5.26 Å². The van der Waals surface area contributed by atoms with E-state index in [9.17, 15) is 8.42 Å². The minimum atomic E-state index is -3.18. The zero-order valence-electron chi connectivity index (χ0n) is 7.77. The first-order chi connectivity index (χ1) is 5.98. The summed E-state index contributed by atoms with van der Waals surface area (Å²) < 4.78 is 24.4. The average molecular weight is 203 g/mol. The van der Waals surface area contributed by atoms with Crippen LogP contribution in [-0.2, 0) is 10.0 Å². The topological polar surface area (TPSA) is 64.4 Å². The highest BCUT2D eigenvalue weighted by atomic mass is 32.2. The van der Waals surface area contributed by atoms with Crippen molar-refractivity contribution >= 4 is 10.0 Å². The number of sulfonamides is 1. The minimum absolute atomic E-state index is 0.330. The van der Waals surface area contributed by atoms with E-state index in [0.29, 0.717) is 19.5 Å². The standard InChI is InChI=1S/C7H13N3O2S/c1-9(2)13(11,12)7-3-4-10(5-7)6-8/h7H,3-5H2,1-2H3. The molecule has 1 atom stereocenters. The van der Waals surface area contributed by atoms with Crippen molar-refractivity contribution in [1.29, 1.82) is 5.26 Å². The quantitative estimate of drug-likeness (QED) is 0.564. The van der Waals surface area contributed by atoms with Crippen molar-refractivity contribution in [3.63, 3.8) is 0 Å². The molecule has 0 aromatic rings. The van der Waals surface area contributed by atoms with Crippen molar-refractivity contribution in [2.24, 2.45) is 0 Å². The van der Waals surface area contributed by atoms with E-state index in [1.807, 2.05) is 6.19 Å². The maximum atomic E-state index is 11.6. The van der Waals surface area contributed by atoms with Crippen molar-refractivity contribution in [1.82, 2.24) is 9.21 Å². The summed E-state index contributed by atoms with van der Waals surface area (Å²) in [5.74, 6) is 0. The fourth-order valence-electron chi connectivity index (χ4n) is 1.36. The molecule has 0 aliphatic carbocycles. The summed E-state index contributed by atoms with van der Waals surface area (Å²) in [7, 11) is -0.143. The van der Waals surface area contributed by atoms with E-state index in [2.05, 4.69) is 0 Å². The van der Waals surface area contributed by atoms with Crippen molar-refractivity contribution in [3.05, 3.63) is 0 Å². The van der Waals surface area contributed by atoms with Gasteiger partial charge in [0.1, 0.15) is 0 Å². The third-order valence-electron chi connectivity index (χ3n) is 2.22. The maximum absolute atomic E-state index is 11.6. The van der Waals surface area contributed by atoms with Crippen molar-refractivity contribution in [2.75, 3.05) is 27.2 Å². The molecule has 0 aromatic carbocycles. The zero-order valence-corrected chi connectivity index (χ0v) is 8.58. The number of nitriles is 1. The lowest BCUT2D eigenvalue weighted by molar-refractivity contribution is 0.475. The molecular formula is C7H13N3O2S. The van der Waals surface area contributed by atoms with E-state index in [1.54, 1.807) is 0 Å². The monoisotopic (exact) mass is 203 g/mol. The fourth-order valence-corrected chi connectivity index (χ4v) is 2.73. The second-order valence-corrected chi connectivity index (χ2v) is 5.71. The van der Waals surface area contributed by atoms with Gasteiger partial charge in [0.25, 0.3) is 0 Å². The summed E-state index contributed by atoms with van der Waals surface area (Å²) in [5, 5.41) is 8.14. The Morgan fingerprint density at radius 1 is 1.54 bits per heavy atom. The van der Waals surface area contributed by atoms with Gasteiger partial charge in [-0.2, -0.15) is 5.26 Å². The zero-order chi connectivity index (χ0) is 10.1. The van der Waals surface area contributed by atoms with Crippen LogP contribution in [0.4, 0.5) is 0 Å². The summed E-state index contributed by atoms with van der Waals surface area (Å²) in [5.41, 5.74) is 0. The molecule has 1 saturated heterocycles. The van der Waals surface area contributed by atoms with Crippen LogP contribution in [0, 0.1) is 11.5 Å². The SMILES string of the molecule is CN(C)S(=O)(=O)C1CCN(C#N)C1. The maximum Gasteiger partial charge on any atom is 0.218 e. The van der Waals surface area contributed by atoms with Crippen LogP contribution in [0.2, 0.25) is 0 Å². The highest BCUT2D eigenvalue weighted by Crippen LogP contribution is 2.17. The number of hydrogen-bond donors (Lipinski definition) is 0. The van der Waals surface area contributed by atoms with E-state index < -0.39 is 15.3 Å². The molecule has 0 saturated carbocycles. The van der Waals surface area contributed by atoms with Gasteiger partial charge in [-0.1, -0.05) is 0 Å². The molecule has 6 heteroatoms. The van der Waals surface area contributed by atoms with Gasteiger partial charge in [0.15, 0.2) is 6.19 Å². The van der Waals surface area contributed by atoms with Gasteiger partial charge in [-0.25, -0.2) is 12.7 Å². The first kappa shape index (κ1) is 10.3. The smallest absolute Gasteiger partial charge is 0.218 e. The van der Waals surface area contributed by atoms with E-state index >= 15 is 0 Å². The van der Waals surface area contributed by atoms with Gasteiger partial charge in [0.2, 0.25) is 10.0 Å². The molecule has 1 unspecified atom stereocenters. The summed E-state index contributed by atoms with van der Waals surface area (Å²) in [6.45, 7) is 0.880. The molecule has 0 spiro atoms. The summed E-state index contributed by atoms with van der Waals surface area (Å²) in [4.78, 5) is 1.48. The van der Waals surface area contributed by atoms with Crippen molar-refractivity contribution in [3.8, 4) is 6.19 Å². The Labute approximate surface area is 78.6 Å². The Bertz CT molecular complexity index is 317. The fraction of sp³-hybridized carbons (Fsp3) is 0.857. The molecule has 1 aliphatic heterocycles. The van der Waals surface area contributed by atoms with Crippen LogP contribution in [0.1, 0.15) is 6.42 Å². The summed E-state index contributed by atoms with van der Waals surface area (Å²) in [6.07, 6.45) is 2.50. The number of nitrogens with zero attached hydrogens (tertiary/aromatic N) is 3. The first-order valence-corrected chi connectivity index (χ1v) is 5.55. The van der Waals surface area contributed by atoms with E-state index in [1.165, 1.54) is 23.3 Å². The molecule has 0 bridgehead atoms. The van der Waals surface area contributed by atoms with Crippen LogP contribution in [0.25, 0.3) is 0 Å². The molecular weight excluding hydrogens is 190 g/mol. The molecule has 1 heterocycles. The van der Waals surface area contributed by atoms with E-state index in [0.717, 1.165) is 0 Å². The Morgan fingerprint density at radius 3 is 2.54 bits per heavy atom. The highest BCUT2D eigenvalue weighted by molar-refractivity contribution is 7.89. The molecule has 5 nitrogen and oxygen atoms in total. The molecule has 1 rings (SSSR count). The Kier molecular flexibility index (Phi) is 2.78. The number of hydrogen-bond acceptors (Lipinski definition) is 4. The molecule has 0 radical (unpaired) electrons. The largest absolute Gasteiger partial charge is 0.309 e. The third-order valence-corrected chi connectivity index (χ3v) is 4.46. The van der Waals surface area contributed by atoms with Crippen LogP contribution in [0.3, 0.4) is 0 Å². The molecule has 74 valence electrons. The third kappa shape index (κ3) is 1.92. The van der Waals surface area contributed by atoms with Gasteiger partial charge in [-0.05, 0) is 6.42 Å². The van der Waals surface area contributed by atoms with Crippen molar-refractivity contribution < 1.29 is 8.42 Å². The number of rotatable bonds is 2. The minimum Gasteiger partial charge on any atom is -0.309 e. The predicted molar refractivity (Wildman–Crippen MR) is 48.2 cm³/mol. The highest BCUT2D eigenvalue weighted by Gasteiger charge is 2.34. The normalized spacial score (nSPS) is 23.5. The van der Waals surface area contributed by atoms with Crippen LogP contribution in [-0.4, -0.2) is 50.1 Å². The van der Waals surface area contributed by atoms with Crippen LogP contribution < -0.4 is 0 Å². The second-order valence-electron chi connectivity index (χ2n) is 3.28. The lowest BCUT2D eigenvalue weighted by Gasteiger charge is -2.16. The Hall–Kier alpha value is -0.800. The molecule has 0 amide bonds. The average Bonchev–Trinajstić information content (AvgIpc) is 2.51. The lowest BCUT2D eigenvalue weighted by Crippen LogP contribution is -2.34. The summed E-state index contributed by atoms with van der Waals surface area (Å²) in [6, 6.07) is 0. The van der Waals surface area contributed by atoms with Crippen LogP contribution >= 0.6 is 0 Å². The van der Waals surface area contributed by atoms with Gasteiger partial charge in [0.05, 0.1) is 5.25 Å².